The van der Waals surface area contributed by atoms with Crippen LogP contribution >= 0.6 is 0 Å². The summed E-state index contributed by atoms with van der Waals surface area (Å²) >= 11 is 0. The van der Waals surface area contributed by atoms with Gasteiger partial charge in [0.05, 0.1) is 18.2 Å². The molecule has 0 bridgehead atoms. The Kier molecular flexibility index (Phi) is 5.00. The summed E-state index contributed by atoms with van der Waals surface area (Å²) in [5, 5.41) is 13.0. The molecule has 0 saturated heterocycles. The Balaban J connectivity index is 1.90. The largest absolute Gasteiger partial charge is 0.508 e. The highest BCUT2D eigenvalue weighted by molar-refractivity contribution is 5.83. The second-order valence-corrected chi connectivity index (χ2v) is 4.76. The SMILES string of the molecule is O=C(Cc1cccc(O)c1)NN=Cc1ccc(C(F)(F)F)cc1. The molecule has 0 saturated carbocycles. The van der Waals surface area contributed by atoms with E-state index in [0.29, 0.717) is 11.1 Å². The first kappa shape index (κ1) is 16.5. The molecule has 2 N–H and O–H groups in total. The molecule has 0 spiro atoms. The Morgan fingerprint density at radius 3 is 2.48 bits per heavy atom. The van der Waals surface area contributed by atoms with Crippen molar-refractivity contribution in [2.24, 2.45) is 5.10 Å². The molecule has 120 valence electrons. The van der Waals surface area contributed by atoms with Gasteiger partial charge < -0.3 is 5.11 Å². The zero-order valence-corrected chi connectivity index (χ0v) is 11.8. The maximum absolute atomic E-state index is 12.4. The molecule has 2 rings (SSSR count). The predicted molar refractivity (Wildman–Crippen MR) is 79.0 cm³/mol. The molecule has 0 aliphatic carbocycles. The van der Waals surface area contributed by atoms with Crippen LogP contribution in [-0.4, -0.2) is 17.2 Å². The van der Waals surface area contributed by atoms with E-state index < -0.39 is 17.6 Å². The van der Waals surface area contributed by atoms with Gasteiger partial charge in [0.15, 0.2) is 0 Å². The van der Waals surface area contributed by atoms with Crippen molar-refractivity contribution in [1.29, 1.82) is 0 Å². The molecule has 0 aromatic heterocycles. The number of hydrazone groups is 1. The number of phenolic OH excluding ortho intramolecular Hbond substituents is 1. The second kappa shape index (κ2) is 6.95. The molecule has 0 radical (unpaired) electrons. The lowest BCUT2D eigenvalue weighted by Gasteiger charge is -2.05. The summed E-state index contributed by atoms with van der Waals surface area (Å²) in [7, 11) is 0. The number of hydrogen-bond donors (Lipinski definition) is 2. The second-order valence-electron chi connectivity index (χ2n) is 4.76. The molecule has 0 fully saturated rings. The first-order chi connectivity index (χ1) is 10.8. The summed E-state index contributed by atoms with van der Waals surface area (Å²) in [6.45, 7) is 0. The van der Waals surface area contributed by atoms with Gasteiger partial charge in [-0.1, -0.05) is 24.3 Å². The summed E-state index contributed by atoms with van der Waals surface area (Å²) < 4.78 is 37.2. The van der Waals surface area contributed by atoms with Crippen molar-refractivity contribution in [2.45, 2.75) is 12.6 Å². The first-order valence-corrected chi connectivity index (χ1v) is 6.61. The molecule has 0 unspecified atom stereocenters. The number of aromatic hydroxyl groups is 1. The Hall–Kier alpha value is -2.83. The molecule has 0 atom stereocenters. The zero-order valence-electron chi connectivity index (χ0n) is 11.8. The molecule has 2 aromatic rings. The van der Waals surface area contributed by atoms with Crippen molar-refractivity contribution in [3.8, 4) is 5.75 Å². The van der Waals surface area contributed by atoms with Crippen LogP contribution in [0, 0.1) is 0 Å². The van der Waals surface area contributed by atoms with Crippen molar-refractivity contribution >= 4 is 12.1 Å². The van der Waals surface area contributed by atoms with Gasteiger partial charge in [-0.15, -0.1) is 0 Å². The number of nitrogens with one attached hydrogen (secondary N) is 1. The minimum Gasteiger partial charge on any atom is -0.508 e. The number of phenols is 1. The number of alkyl halides is 3. The Labute approximate surface area is 130 Å². The zero-order chi connectivity index (χ0) is 16.9. The highest BCUT2D eigenvalue weighted by Gasteiger charge is 2.29. The number of nitrogens with zero attached hydrogens (tertiary/aromatic N) is 1. The van der Waals surface area contributed by atoms with E-state index >= 15 is 0 Å². The molecule has 4 nitrogen and oxygen atoms in total. The summed E-state index contributed by atoms with van der Waals surface area (Å²) in [4.78, 5) is 11.6. The van der Waals surface area contributed by atoms with Gasteiger partial charge in [-0.2, -0.15) is 18.3 Å². The molecular weight excluding hydrogens is 309 g/mol. The van der Waals surface area contributed by atoms with Gasteiger partial charge in [-0.3, -0.25) is 4.79 Å². The number of hydrogen-bond acceptors (Lipinski definition) is 3. The summed E-state index contributed by atoms with van der Waals surface area (Å²) in [5.41, 5.74) is 2.57. The van der Waals surface area contributed by atoms with E-state index in [-0.39, 0.29) is 12.2 Å². The fourth-order valence-corrected chi connectivity index (χ4v) is 1.83. The smallest absolute Gasteiger partial charge is 0.416 e. The van der Waals surface area contributed by atoms with Gasteiger partial charge in [0.25, 0.3) is 0 Å². The number of benzene rings is 2. The fourth-order valence-electron chi connectivity index (χ4n) is 1.83. The van der Waals surface area contributed by atoms with E-state index in [0.717, 1.165) is 12.1 Å². The summed E-state index contributed by atoms with van der Waals surface area (Å²) in [6, 6.07) is 10.6. The summed E-state index contributed by atoms with van der Waals surface area (Å²) in [5.74, 6) is -0.345. The number of amides is 1. The van der Waals surface area contributed by atoms with Crippen molar-refractivity contribution in [3.05, 3.63) is 65.2 Å². The fraction of sp³-hybridized carbons (Fsp3) is 0.125. The van der Waals surface area contributed by atoms with E-state index in [4.69, 9.17) is 0 Å². The molecule has 0 aliphatic heterocycles. The lowest BCUT2D eigenvalue weighted by atomic mass is 10.1. The normalized spacial score (nSPS) is 11.6. The van der Waals surface area contributed by atoms with Crippen LogP contribution in [-0.2, 0) is 17.4 Å². The highest BCUT2D eigenvalue weighted by atomic mass is 19.4. The monoisotopic (exact) mass is 322 g/mol. The van der Waals surface area contributed by atoms with Crippen LogP contribution in [0.1, 0.15) is 16.7 Å². The van der Waals surface area contributed by atoms with Crippen LogP contribution < -0.4 is 5.43 Å². The van der Waals surface area contributed by atoms with Gasteiger partial charge >= 0.3 is 6.18 Å². The Morgan fingerprint density at radius 2 is 1.87 bits per heavy atom. The van der Waals surface area contributed by atoms with Gasteiger partial charge in [0.1, 0.15) is 5.75 Å². The topological polar surface area (TPSA) is 61.7 Å². The van der Waals surface area contributed by atoms with Crippen LogP contribution in [0.3, 0.4) is 0 Å². The molecule has 0 heterocycles. The lowest BCUT2D eigenvalue weighted by Crippen LogP contribution is -2.19. The first-order valence-electron chi connectivity index (χ1n) is 6.61. The quantitative estimate of drug-likeness (QED) is 0.671. The van der Waals surface area contributed by atoms with Crippen LogP contribution in [0.5, 0.6) is 5.75 Å². The number of carbonyl (C=O) groups excluding carboxylic acids is 1. The van der Waals surface area contributed by atoms with Gasteiger partial charge in [0, 0.05) is 0 Å². The number of carbonyl (C=O) groups is 1. The third-order valence-corrected chi connectivity index (χ3v) is 2.92. The minimum atomic E-state index is -4.38. The minimum absolute atomic E-state index is 0.0265. The van der Waals surface area contributed by atoms with E-state index in [2.05, 4.69) is 10.5 Å². The van der Waals surface area contributed by atoms with Crippen molar-refractivity contribution in [2.75, 3.05) is 0 Å². The van der Waals surface area contributed by atoms with E-state index in [9.17, 15) is 23.1 Å². The lowest BCUT2D eigenvalue weighted by molar-refractivity contribution is -0.137. The van der Waals surface area contributed by atoms with Crippen LogP contribution in [0.4, 0.5) is 13.2 Å². The van der Waals surface area contributed by atoms with Crippen molar-refractivity contribution in [3.63, 3.8) is 0 Å². The van der Waals surface area contributed by atoms with Crippen molar-refractivity contribution in [1.82, 2.24) is 5.43 Å². The van der Waals surface area contributed by atoms with Crippen LogP contribution in [0.15, 0.2) is 53.6 Å². The molecule has 7 heteroatoms. The predicted octanol–water partition coefficient (Wildman–Crippen LogP) is 3.10. The van der Waals surface area contributed by atoms with Crippen LogP contribution in [0.2, 0.25) is 0 Å². The summed E-state index contributed by atoms with van der Waals surface area (Å²) in [6.07, 6.45) is -3.11. The van der Waals surface area contributed by atoms with E-state index in [1.165, 1.54) is 30.5 Å². The molecule has 23 heavy (non-hydrogen) atoms. The van der Waals surface area contributed by atoms with Crippen molar-refractivity contribution < 1.29 is 23.1 Å². The third-order valence-electron chi connectivity index (χ3n) is 2.92. The van der Waals surface area contributed by atoms with Gasteiger partial charge in [-0.25, -0.2) is 5.43 Å². The molecule has 1 amide bonds. The Bertz CT molecular complexity index is 710. The Morgan fingerprint density at radius 1 is 1.17 bits per heavy atom. The number of halogens is 3. The van der Waals surface area contributed by atoms with Crippen LogP contribution in [0.25, 0.3) is 0 Å². The highest BCUT2D eigenvalue weighted by Crippen LogP contribution is 2.28. The van der Waals surface area contributed by atoms with E-state index in [1.54, 1.807) is 12.1 Å². The maximum atomic E-state index is 12.4. The number of rotatable bonds is 4. The molecular formula is C16H13F3N2O2. The maximum Gasteiger partial charge on any atom is 0.416 e. The molecule has 2 aromatic carbocycles. The van der Waals surface area contributed by atoms with Gasteiger partial charge in [0.2, 0.25) is 5.91 Å². The molecule has 0 aliphatic rings. The van der Waals surface area contributed by atoms with Gasteiger partial charge in [-0.05, 0) is 35.4 Å². The average Bonchev–Trinajstić information content (AvgIpc) is 2.47. The average molecular weight is 322 g/mol. The third kappa shape index (κ3) is 5.14. The standard InChI is InChI=1S/C16H13F3N2O2/c17-16(18,19)13-6-4-11(5-7-13)10-20-21-15(23)9-12-2-1-3-14(22)8-12/h1-8,10,22H,9H2,(H,21,23). The van der Waals surface area contributed by atoms with E-state index in [1.807, 2.05) is 0 Å².